The molecule has 1 aliphatic heterocycles. The highest BCUT2D eigenvalue weighted by Crippen LogP contribution is 2.37. The SMILES string of the molecule is CN1C(=S)N[C@@H](c2ccccn2)[C@H]1c1cccn1Cc1cccnc1. The zero-order chi connectivity index (χ0) is 17.2. The van der Waals surface area contributed by atoms with Gasteiger partial charge in [0.15, 0.2) is 5.11 Å². The third-order valence-corrected chi connectivity index (χ3v) is 4.99. The van der Waals surface area contributed by atoms with E-state index in [1.165, 1.54) is 11.3 Å². The topological polar surface area (TPSA) is 46.0 Å². The first kappa shape index (κ1) is 15.8. The molecule has 0 aliphatic carbocycles. The second kappa shape index (κ2) is 6.64. The van der Waals surface area contributed by atoms with Crippen LogP contribution in [0, 0.1) is 0 Å². The molecule has 25 heavy (non-hydrogen) atoms. The number of aromatic nitrogens is 3. The summed E-state index contributed by atoms with van der Waals surface area (Å²) >= 11 is 5.51. The molecule has 4 rings (SSSR count). The van der Waals surface area contributed by atoms with Crippen LogP contribution < -0.4 is 5.32 Å². The predicted octanol–water partition coefficient (Wildman–Crippen LogP) is 2.93. The molecule has 5 nitrogen and oxygen atoms in total. The van der Waals surface area contributed by atoms with Gasteiger partial charge in [0.1, 0.15) is 0 Å². The van der Waals surface area contributed by atoms with Gasteiger partial charge in [-0.2, -0.15) is 0 Å². The third kappa shape index (κ3) is 3.00. The number of hydrogen-bond donors (Lipinski definition) is 1. The normalized spacial score (nSPS) is 19.9. The molecule has 1 aliphatic rings. The first-order valence-corrected chi connectivity index (χ1v) is 8.63. The molecule has 3 aromatic heterocycles. The minimum absolute atomic E-state index is 0.0289. The Hall–Kier alpha value is -2.73. The highest BCUT2D eigenvalue weighted by Gasteiger charge is 2.38. The maximum atomic E-state index is 5.51. The van der Waals surface area contributed by atoms with E-state index < -0.39 is 0 Å². The highest BCUT2D eigenvalue weighted by atomic mass is 32.1. The van der Waals surface area contributed by atoms with Crippen LogP contribution in [0.4, 0.5) is 0 Å². The van der Waals surface area contributed by atoms with Crippen LogP contribution in [-0.2, 0) is 6.54 Å². The van der Waals surface area contributed by atoms with E-state index in [0.29, 0.717) is 0 Å². The number of likely N-dealkylation sites (N-methyl/N-ethyl adjacent to an activating group) is 1. The van der Waals surface area contributed by atoms with Gasteiger partial charge in [-0.15, -0.1) is 0 Å². The number of thiocarbonyl (C=S) groups is 1. The van der Waals surface area contributed by atoms with Gasteiger partial charge in [-0.25, -0.2) is 0 Å². The van der Waals surface area contributed by atoms with Crippen LogP contribution in [0.25, 0.3) is 0 Å². The Kier molecular flexibility index (Phi) is 4.19. The molecule has 1 fully saturated rings. The molecule has 0 amide bonds. The quantitative estimate of drug-likeness (QED) is 0.734. The maximum Gasteiger partial charge on any atom is 0.169 e. The highest BCUT2D eigenvalue weighted by molar-refractivity contribution is 7.80. The molecule has 3 aromatic rings. The van der Waals surface area contributed by atoms with Gasteiger partial charge in [0.05, 0.1) is 17.8 Å². The summed E-state index contributed by atoms with van der Waals surface area (Å²) in [5.41, 5.74) is 3.37. The van der Waals surface area contributed by atoms with Crippen molar-refractivity contribution in [2.24, 2.45) is 0 Å². The van der Waals surface area contributed by atoms with E-state index >= 15 is 0 Å². The minimum Gasteiger partial charge on any atom is -0.352 e. The Morgan fingerprint density at radius 2 is 2.04 bits per heavy atom. The molecule has 0 radical (unpaired) electrons. The zero-order valence-electron chi connectivity index (χ0n) is 13.9. The van der Waals surface area contributed by atoms with Crippen molar-refractivity contribution in [2.45, 2.75) is 18.6 Å². The second-order valence-electron chi connectivity index (χ2n) is 6.16. The van der Waals surface area contributed by atoms with Gasteiger partial charge in [0.25, 0.3) is 0 Å². The molecule has 0 unspecified atom stereocenters. The number of pyridine rings is 2. The first-order chi connectivity index (χ1) is 12.2. The summed E-state index contributed by atoms with van der Waals surface area (Å²) < 4.78 is 2.25. The van der Waals surface area contributed by atoms with Crippen LogP contribution in [-0.4, -0.2) is 31.6 Å². The standard InChI is InChI=1S/C19H19N5S/c1-23-18(17(22-19(23)25)15-7-2-3-10-21-15)16-8-5-11-24(16)13-14-6-4-9-20-12-14/h2-12,17-18H,13H2,1H3,(H,22,25)/t17-,18+/m0/s1. The van der Waals surface area contributed by atoms with Crippen LogP contribution in [0.2, 0.25) is 0 Å². The van der Waals surface area contributed by atoms with E-state index in [2.05, 4.69) is 49.1 Å². The molecule has 0 bridgehead atoms. The van der Waals surface area contributed by atoms with Crippen molar-refractivity contribution in [3.63, 3.8) is 0 Å². The van der Waals surface area contributed by atoms with Gasteiger partial charge in [-0.3, -0.25) is 9.97 Å². The fourth-order valence-corrected chi connectivity index (χ4v) is 3.60. The van der Waals surface area contributed by atoms with E-state index in [0.717, 1.165) is 17.4 Å². The van der Waals surface area contributed by atoms with E-state index in [1.807, 2.05) is 43.7 Å². The van der Waals surface area contributed by atoms with E-state index in [1.54, 1.807) is 6.20 Å². The average molecular weight is 349 g/mol. The van der Waals surface area contributed by atoms with Gasteiger partial charge >= 0.3 is 0 Å². The van der Waals surface area contributed by atoms with Gasteiger partial charge in [0.2, 0.25) is 0 Å². The lowest BCUT2D eigenvalue weighted by Gasteiger charge is -2.25. The lowest BCUT2D eigenvalue weighted by molar-refractivity contribution is 0.351. The van der Waals surface area contributed by atoms with Crippen LogP contribution >= 0.6 is 12.2 Å². The summed E-state index contributed by atoms with van der Waals surface area (Å²) in [7, 11) is 2.03. The van der Waals surface area contributed by atoms with Crippen molar-refractivity contribution < 1.29 is 0 Å². The second-order valence-corrected chi connectivity index (χ2v) is 6.55. The van der Waals surface area contributed by atoms with Gasteiger partial charge in [-0.05, 0) is 48.1 Å². The van der Waals surface area contributed by atoms with Gasteiger partial charge < -0.3 is 14.8 Å². The number of hydrogen-bond acceptors (Lipinski definition) is 3. The molecule has 0 aromatic carbocycles. The smallest absolute Gasteiger partial charge is 0.169 e. The molecule has 1 N–H and O–H groups in total. The van der Waals surface area contributed by atoms with E-state index in [-0.39, 0.29) is 12.1 Å². The molecular formula is C19H19N5S. The van der Waals surface area contributed by atoms with Crippen LogP contribution in [0.1, 0.15) is 29.0 Å². The van der Waals surface area contributed by atoms with E-state index in [9.17, 15) is 0 Å². The molecular weight excluding hydrogens is 330 g/mol. The van der Waals surface area contributed by atoms with Crippen molar-refractivity contribution in [3.05, 3.63) is 84.2 Å². The van der Waals surface area contributed by atoms with E-state index in [4.69, 9.17) is 12.2 Å². The fourth-order valence-electron chi connectivity index (χ4n) is 3.36. The van der Waals surface area contributed by atoms with Crippen LogP contribution in [0.5, 0.6) is 0 Å². The van der Waals surface area contributed by atoms with Crippen LogP contribution in [0.15, 0.2) is 67.3 Å². The molecule has 0 saturated carbocycles. The number of nitrogens with one attached hydrogen (secondary N) is 1. The summed E-state index contributed by atoms with van der Waals surface area (Å²) in [6.07, 6.45) is 7.63. The van der Waals surface area contributed by atoms with Crippen molar-refractivity contribution >= 4 is 17.3 Å². The first-order valence-electron chi connectivity index (χ1n) is 8.22. The Morgan fingerprint density at radius 1 is 1.12 bits per heavy atom. The summed E-state index contributed by atoms with van der Waals surface area (Å²) in [6, 6.07) is 14.4. The minimum atomic E-state index is 0.0289. The largest absolute Gasteiger partial charge is 0.352 e. The van der Waals surface area contributed by atoms with Crippen molar-refractivity contribution in [2.75, 3.05) is 7.05 Å². The molecule has 126 valence electrons. The summed E-state index contributed by atoms with van der Waals surface area (Å²) in [6.45, 7) is 0.780. The predicted molar refractivity (Wildman–Crippen MR) is 101 cm³/mol. The Balaban J connectivity index is 1.70. The number of nitrogens with zero attached hydrogens (tertiary/aromatic N) is 4. The maximum absolute atomic E-state index is 5.51. The van der Waals surface area contributed by atoms with Crippen molar-refractivity contribution in [1.29, 1.82) is 0 Å². The van der Waals surface area contributed by atoms with Crippen molar-refractivity contribution in [1.82, 2.24) is 24.8 Å². The Labute approximate surface area is 152 Å². The Morgan fingerprint density at radius 3 is 2.80 bits per heavy atom. The number of rotatable bonds is 4. The summed E-state index contributed by atoms with van der Waals surface area (Å²) in [4.78, 5) is 10.9. The molecule has 2 atom stereocenters. The Bertz CT molecular complexity index is 862. The summed E-state index contributed by atoms with van der Waals surface area (Å²) in [5, 5.41) is 4.16. The lowest BCUT2D eigenvalue weighted by atomic mass is 10.0. The average Bonchev–Trinajstić information content (AvgIpc) is 3.21. The van der Waals surface area contributed by atoms with Gasteiger partial charge in [-0.1, -0.05) is 12.1 Å². The monoisotopic (exact) mass is 349 g/mol. The molecule has 6 heteroatoms. The van der Waals surface area contributed by atoms with Gasteiger partial charge in [0, 0.05) is 44.1 Å². The van der Waals surface area contributed by atoms with Crippen LogP contribution in [0.3, 0.4) is 0 Å². The lowest BCUT2D eigenvalue weighted by Crippen LogP contribution is -2.26. The molecule has 1 saturated heterocycles. The fraction of sp³-hybridized carbons (Fsp3) is 0.211. The molecule has 4 heterocycles. The molecule has 0 spiro atoms. The third-order valence-electron chi connectivity index (χ3n) is 4.58. The summed E-state index contributed by atoms with van der Waals surface area (Å²) in [5.74, 6) is 0. The zero-order valence-corrected chi connectivity index (χ0v) is 14.7. The van der Waals surface area contributed by atoms with Crippen molar-refractivity contribution in [3.8, 4) is 0 Å².